The SMILES string of the molecule is C[C@@H]([NH2+]CC[C@@H](c1ccc(F)cc1)c1ccco1)c1ccc(Cl)cc1. The molecule has 130 valence electrons. The van der Waals surface area contributed by atoms with E-state index in [2.05, 4.69) is 24.4 Å². The smallest absolute Gasteiger partial charge is 0.123 e. The Morgan fingerprint density at radius 2 is 1.68 bits per heavy atom. The molecule has 2 aromatic carbocycles. The molecule has 2 atom stereocenters. The first-order valence-corrected chi connectivity index (χ1v) is 8.89. The molecule has 1 aromatic heterocycles. The summed E-state index contributed by atoms with van der Waals surface area (Å²) < 4.78 is 18.8. The zero-order chi connectivity index (χ0) is 17.6. The maximum Gasteiger partial charge on any atom is 0.123 e. The Morgan fingerprint density at radius 1 is 1.00 bits per heavy atom. The highest BCUT2D eigenvalue weighted by molar-refractivity contribution is 6.30. The molecule has 3 rings (SSSR count). The summed E-state index contributed by atoms with van der Waals surface area (Å²) in [6.07, 6.45) is 2.60. The van der Waals surface area contributed by atoms with Gasteiger partial charge in [0.1, 0.15) is 17.6 Å². The molecule has 0 aliphatic heterocycles. The van der Waals surface area contributed by atoms with Gasteiger partial charge in [-0.05, 0) is 48.9 Å². The number of hydrogen-bond donors (Lipinski definition) is 1. The fourth-order valence-electron chi connectivity index (χ4n) is 3.07. The van der Waals surface area contributed by atoms with Crippen LogP contribution in [0.2, 0.25) is 5.02 Å². The third kappa shape index (κ3) is 4.71. The zero-order valence-corrected chi connectivity index (χ0v) is 14.9. The Bertz CT molecular complexity index is 769. The largest absolute Gasteiger partial charge is 0.469 e. The highest BCUT2D eigenvalue weighted by Gasteiger charge is 2.19. The van der Waals surface area contributed by atoms with Crippen molar-refractivity contribution in [1.82, 2.24) is 0 Å². The van der Waals surface area contributed by atoms with Crippen LogP contribution in [0.5, 0.6) is 0 Å². The van der Waals surface area contributed by atoms with Crippen LogP contribution in [0.25, 0.3) is 0 Å². The zero-order valence-electron chi connectivity index (χ0n) is 14.2. The first-order chi connectivity index (χ1) is 12.1. The van der Waals surface area contributed by atoms with Gasteiger partial charge in [-0.3, -0.25) is 0 Å². The van der Waals surface area contributed by atoms with Crippen LogP contribution < -0.4 is 5.32 Å². The lowest BCUT2D eigenvalue weighted by Gasteiger charge is -2.17. The summed E-state index contributed by atoms with van der Waals surface area (Å²) in [6, 6.07) is 18.9. The van der Waals surface area contributed by atoms with Gasteiger partial charge in [0.2, 0.25) is 0 Å². The number of halogens is 2. The van der Waals surface area contributed by atoms with Gasteiger partial charge in [0.15, 0.2) is 0 Å². The van der Waals surface area contributed by atoms with E-state index in [1.165, 1.54) is 17.7 Å². The molecule has 25 heavy (non-hydrogen) atoms. The molecule has 0 fully saturated rings. The molecular formula is C21H22ClFNO+. The van der Waals surface area contributed by atoms with Crippen LogP contribution in [-0.4, -0.2) is 6.54 Å². The van der Waals surface area contributed by atoms with Gasteiger partial charge in [-0.1, -0.05) is 35.9 Å². The fourth-order valence-corrected chi connectivity index (χ4v) is 3.20. The van der Waals surface area contributed by atoms with Crippen molar-refractivity contribution in [1.29, 1.82) is 0 Å². The molecule has 3 aromatic rings. The summed E-state index contributed by atoms with van der Waals surface area (Å²) >= 11 is 5.95. The van der Waals surface area contributed by atoms with E-state index in [1.807, 2.05) is 36.4 Å². The minimum atomic E-state index is -0.218. The summed E-state index contributed by atoms with van der Waals surface area (Å²) in [5.41, 5.74) is 2.32. The van der Waals surface area contributed by atoms with Crippen molar-refractivity contribution in [2.45, 2.75) is 25.3 Å². The van der Waals surface area contributed by atoms with Crippen molar-refractivity contribution in [3.63, 3.8) is 0 Å². The van der Waals surface area contributed by atoms with Gasteiger partial charge >= 0.3 is 0 Å². The number of nitrogens with two attached hydrogens (primary N) is 1. The first kappa shape index (κ1) is 17.7. The van der Waals surface area contributed by atoms with Gasteiger partial charge < -0.3 is 9.73 Å². The van der Waals surface area contributed by atoms with Crippen LogP contribution in [0.3, 0.4) is 0 Å². The van der Waals surface area contributed by atoms with E-state index in [9.17, 15) is 4.39 Å². The molecule has 0 radical (unpaired) electrons. The van der Waals surface area contributed by atoms with E-state index in [-0.39, 0.29) is 11.7 Å². The number of quaternary nitrogens is 1. The first-order valence-electron chi connectivity index (χ1n) is 8.51. The summed E-state index contributed by atoms with van der Waals surface area (Å²) in [4.78, 5) is 0. The summed E-state index contributed by atoms with van der Waals surface area (Å²) in [5.74, 6) is 0.827. The normalized spacial score (nSPS) is 13.6. The van der Waals surface area contributed by atoms with Crippen LogP contribution in [0, 0.1) is 5.82 Å². The molecule has 0 spiro atoms. The van der Waals surface area contributed by atoms with Crippen LogP contribution in [-0.2, 0) is 0 Å². The molecule has 0 aliphatic rings. The van der Waals surface area contributed by atoms with E-state index >= 15 is 0 Å². The monoisotopic (exact) mass is 358 g/mol. The van der Waals surface area contributed by atoms with Crippen LogP contribution in [0.15, 0.2) is 71.3 Å². The molecule has 2 nitrogen and oxygen atoms in total. The topological polar surface area (TPSA) is 29.8 Å². The minimum Gasteiger partial charge on any atom is -0.469 e. The second-order valence-corrected chi connectivity index (χ2v) is 6.71. The predicted octanol–water partition coefficient (Wildman–Crippen LogP) is 4.92. The average molecular weight is 359 g/mol. The van der Waals surface area contributed by atoms with E-state index in [0.717, 1.165) is 29.3 Å². The number of benzene rings is 2. The predicted molar refractivity (Wildman–Crippen MR) is 98.2 cm³/mol. The standard InChI is InChI=1S/C21H21ClFNO/c1-15(16-4-8-18(22)9-5-16)24-13-12-20(21-3-2-14-25-21)17-6-10-19(23)11-7-17/h2-11,14-15,20,24H,12-13H2,1H3/p+1/t15-,20+/m1/s1. The second kappa shape index (κ2) is 8.32. The molecule has 2 N–H and O–H groups in total. The van der Waals surface area contributed by atoms with E-state index in [1.54, 1.807) is 6.26 Å². The molecule has 0 bridgehead atoms. The fraction of sp³-hybridized carbons (Fsp3) is 0.238. The molecule has 4 heteroatoms. The lowest BCUT2D eigenvalue weighted by atomic mass is 9.93. The molecule has 0 aliphatic carbocycles. The Kier molecular flexibility index (Phi) is 5.90. The lowest BCUT2D eigenvalue weighted by Crippen LogP contribution is -2.84. The number of hydrogen-bond acceptors (Lipinski definition) is 1. The van der Waals surface area contributed by atoms with Crippen molar-refractivity contribution in [3.8, 4) is 0 Å². The summed E-state index contributed by atoms with van der Waals surface area (Å²) in [7, 11) is 0. The molecular weight excluding hydrogens is 337 g/mol. The number of furan rings is 1. The molecule has 0 unspecified atom stereocenters. The van der Waals surface area contributed by atoms with E-state index < -0.39 is 0 Å². The lowest BCUT2D eigenvalue weighted by molar-refractivity contribution is -0.693. The van der Waals surface area contributed by atoms with Crippen LogP contribution in [0.4, 0.5) is 4.39 Å². The Labute approximate surface area is 152 Å². The highest BCUT2D eigenvalue weighted by atomic mass is 35.5. The molecule has 0 saturated heterocycles. The third-order valence-corrected chi connectivity index (χ3v) is 4.78. The molecule has 1 heterocycles. The summed E-state index contributed by atoms with van der Waals surface area (Å²) in [6.45, 7) is 3.12. The van der Waals surface area contributed by atoms with Gasteiger partial charge in [-0.15, -0.1) is 0 Å². The highest BCUT2D eigenvalue weighted by Crippen LogP contribution is 2.28. The van der Waals surface area contributed by atoms with Gasteiger partial charge in [0.05, 0.1) is 12.8 Å². The van der Waals surface area contributed by atoms with Crippen molar-refractivity contribution in [2.75, 3.05) is 6.54 Å². The number of rotatable bonds is 7. The van der Waals surface area contributed by atoms with Gasteiger partial charge in [0, 0.05) is 22.9 Å². The van der Waals surface area contributed by atoms with Crippen molar-refractivity contribution < 1.29 is 14.1 Å². The van der Waals surface area contributed by atoms with Crippen molar-refractivity contribution >= 4 is 11.6 Å². The van der Waals surface area contributed by atoms with Gasteiger partial charge in [-0.2, -0.15) is 0 Å². The minimum absolute atomic E-state index is 0.129. The average Bonchev–Trinajstić information content (AvgIpc) is 3.14. The van der Waals surface area contributed by atoms with Crippen LogP contribution >= 0.6 is 11.6 Å². The van der Waals surface area contributed by atoms with Crippen LogP contribution in [0.1, 0.15) is 42.2 Å². The van der Waals surface area contributed by atoms with Crippen molar-refractivity contribution in [2.24, 2.45) is 0 Å². The maximum atomic E-state index is 13.2. The Hall–Kier alpha value is -2.10. The maximum absolute atomic E-state index is 13.2. The van der Waals surface area contributed by atoms with E-state index in [0.29, 0.717) is 6.04 Å². The van der Waals surface area contributed by atoms with Gasteiger partial charge in [-0.25, -0.2) is 4.39 Å². The third-order valence-electron chi connectivity index (χ3n) is 4.53. The Balaban J connectivity index is 1.65. The molecule has 0 saturated carbocycles. The second-order valence-electron chi connectivity index (χ2n) is 6.27. The summed E-state index contributed by atoms with van der Waals surface area (Å²) in [5, 5.41) is 3.06. The van der Waals surface area contributed by atoms with Crippen molar-refractivity contribution in [3.05, 3.63) is 94.7 Å². The Morgan fingerprint density at radius 3 is 2.32 bits per heavy atom. The quantitative estimate of drug-likeness (QED) is 0.638. The van der Waals surface area contributed by atoms with E-state index in [4.69, 9.17) is 16.0 Å². The van der Waals surface area contributed by atoms with Gasteiger partial charge in [0.25, 0.3) is 0 Å². The molecule has 0 amide bonds.